The first kappa shape index (κ1) is 19.7. The molecule has 2 unspecified atom stereocenters. The van der Waals surface area contributed by atoms with E-state index in [4.69, 9.17) is 4.74 Å². The van der Waals surface area contributed by atoms with Gasteiger partial charge < -0.3 is 15.4 Å². The minimum atomic E-state index is 0.287. The Morgan fingerprint density at radius 2 is 2.20 bits per heavy atom. The summed E-state index contributed by atoms with van der Waals surface area (Å²) in [7, 11) is 1.82. The number of guanidine groups is 1. The Labute approximate surface area is 151 Å². The van der Waals surface area contributed by atoms with E-state index in [2.05, 4.69) is 53.4 Å². The van der Waals surface area contributed by atoms with Gasteiger partial charge in [0, 0.05) is 39.1 Å². The topological polar surface area (TPSA) is 76.4 Å². The molecule has 7 heteroatoms. The van der Waals surface area contributed by atoms with Crippen molar-refractivity contribution in [2.75, 3.05) is 20.2 Å². The molecule has 0 aliphatic carbocycles. The maximum atomic E-state index is 5.80. The number of nitrogens with zero attached hydrogens (tertiary/aromatic N) is 4. The number of nitrogens with one attached hydrogen (secondary N) is 2. The van der Waals surface area contributed by atoms with E-state index in [0.717, 1.165) is 63.0 Å². The predicted molar refractivity (Wildman–Crippen MR) is 101 cm³/mol. The number of aromatic nitrogens is 3. The van der Waals surface area contributed by atoms with Crippen molar-refractivity contribution in [3.05, 3.63) is 11.6 Å². The first-order valence-electron chi connectivity index (χ1n) is 9.58. The summed E-state index contributed by atoms with van der Waals surface area (Å²) < 4.78 is 7.84. The zero-order valence-corrected chi connectivity index (χ0v) is 16.4. The molecule has 142 valence electrons. The van der Waals surface area contributed by atoms with Gasteiger partial charge >= 0.3 is 0 Å². The third-order valence-corrected chi connectivity index (χ3v) is 4.63. The molecule has 1 aromatic heterocycles. The number of ether oxygens (including phenoxy) is 1. The number of fused-ring (bicyclic) bond motifs is 1. The molecule has 7 nitrogen and oxygen atoms in total. The average Bonchev–Trinajstić information content (AvgIpc) is 3.02. The molecule has 2 rings (SSSR count). The lowest BCUT2D eigenvalue weighted by molar-refractivity contribution is 0.0258. The third-order valence-electron chi connectivity index (χ3n) is 4.63. The molecule has 0 aromatic carbocycles. The smallest absolute Gasteiger partial charge is 0.191 e. The van der Waals surface area contributed by atoms with Crippen LogP contribution < -0.4 is 10.6 Å². The van der Waals surface area contributed by atoms with Crippen LogP contribution in [0.1, 0.15) is 52.2 Å². The van der Waals surface area contributed by atoms with Crippen molar-refractivity contribution in [2.45, 2.75) is 72.1 Å². The van der Waals surface area contributed by atoms with Gasteiger partial charge in [0.2, 0.25) is 0 Å². The van der Waals surface area contributed by atoms with Gasteiger partial charge in [0.25, 0.3) is 0 Å². The van der Waals surface area contributed by atoms with Crippen molar-refractivity contribution < 1.29 is 4.74 Å². The fourth-order valence-electron chi connectivity index (χ4n) is 3.17. The third kappa shape index (κ3) is 5.70. The van der Waals surface area contributed by atoms with Crippen LogP contribution in [0, 0.1) is 5.92 Å². The highest BCUT2D eigenvalue weighted by atomic mass is 16.5. The minimum Gasteiger partial charge on any atom is -0.378 e. The highest BCUT2D eigenvalue weighted by Gasteiger charge is 2.22. The predicted octanol–water partition coefficient (Wildman–Crippen LogP) is 1.77. The number of aliphatic imine (C=N–C) groups is 1. The zero-order valence-electron chi connectivity index (χ0n) is 16.4. The number of rotatable bonds is 8. The molecule has 2 N–H and O–H groups in total. The van der Waals surface area contributed by atoms with Crippen LogP contribution in [0.15, 0.2) is 4.99 Å². The Hall–Kier alpha value is -1.63. The average molecular weight is 351 g/mol. The quantitative estimate of drug-likeness (QED) is 0.552. The summed E-state index contributed by atoms with van der Waals surface area (Å²) >= 11 is 0. The molecule has 25 heavy (non-hydrogen) atoms. The molecule has 0 radical (unpaired) electrons. The van der Waals surface area contributed by atoms with E-state index >= 15 is 0 Å². The maximum absolute atomic E-state index is 5.80. The van der Waals surface area contributed by atoms with Crippen LogP contribution >= 0.6 is 0 Å². The van der Waals surface area contributed by atoms with Gasteiger partial charge in [-0.15, -0.1) is 0 Å². The lowest BCUT2D eigenvalue weighted by Crippen LogP contribution is -2.47. The number of hydrogen-bond acceptors (Lipinski definition) is 4. The van der Waals surface area contributed by atoms with Gasteiger partial charge in [0.1, 0.15) is 5.82 Å². The molecule has 1 aromatic rings. The minimum absolute atomic E-state index is 0.287. The molecule has 0 amide bonds. The summed E-state index contributed by atoms with van der Waals surface area (Å²) in [6, 6.07) is 0.331. The summed E-state index contributed by atoms with van der Waals surface area (Å²) in [5, 5.41) is 11.5. The lowest BCUT2D eigenvalue weighted by atomic mass is 10.0. The molecule has 0 spiro atoms. The Morgan fingerprint density at radius 1 is 1.40 bits per heavy atom. The summed E-state index contributed by atoms with van der Waals surface area (Å²) in [5.41, 5.74) is 0. The van der Waals surface area contributed by atoms with Crippen LogP contribution in [0.25, 0.3) is 0 Å². The van der Waals surface area contributed by atoms with E-state index in [1.165, 1.54) is 0 Å². The molecule has 0 bridgehead atoms. The zero-order chi connectivity index (χ0) is 18.2. The lowest BCUT2D eigenvalue weighted by Gasteiger charge is -2.26. The van der Waals surface area contributed by atoms with E-state index in [1.54, 1.807) is 0 Å². The molecule has 0 saturated carbocycles. The van der Waals surface area contributed by atoms with Crippen LogP contribution in [0.5, 0.6) is 0 Å². The molecule has 1 aliphatic heterocycles. The van der Waals surface area contributed by atoms with Crippen LogP contribution in [-0.4, -0.2) is 53.1 Å². The van der Waals surface area contributed by atoms with Crippen molar-refractivity contribution in [3.63, 3.8) is 0 Å². The van der Waals surface area contributed by atoms with E-state index in [9.17, 15) is 0 Å². The molecule has 1 aliphatic rings. The SMILES string of the molecule is CCOC(CCNC(=NC)NC1CCc2nc(CC)nn2C1)C(C)C. The van der Waals surface area contributed by atoms with Crippen molar-refractivity contribution >= 4 is 5.96 Å². The maximum Gasteiger partial charge on any atom is 0.191 e. The Kier molecular flexibility index (Phi) is 7.68. The second-order valence-corrected chi connectivity index (χ2v) is 6.89. The van der Waals surface area contributed by atoms with Crippen LogP contribution in [0.4, 0.5) is 0 Å². The normalized spacial score (nSPS) is 19.0. The van der Waals surface area contributed by atoms with Crippen molar-refractivity contribution in [1.29, 1.82) is 0 Å². The second kappa shape index (κ2) is 9.75. The molecule has 0 fully saturated rings. The molecule has 2 heterocycles. The van der Waals surface area contributed by atoms with Crippen LogP contribution in [0.3, 0.4) is 0 Å². The van der Waals surface area contributed by atoms with E-state index < -0.39 is 0 Å². The van der Waals surface area contributed by atoms with Crippen LogP contribution in [-0.2, 0) is 24.1 Å². The van der Waals surface area contributed by atoms with Gasteiger partial charge in [-0.25, -0.2) is 9.67 Å². The number of aryl methyl sites for hydroxylation is 2. The Morgan fingerprint density at radius 3 is 2.84 bits per heavy atom. The fraction of sp³-hybridized carbons (Fsp3) is 0.833. The number of hydrogen-bond donors (Lipinski definition) is 2. The van der Waals surface area contributed by atoms with Gasteiger partial charge in [0.15, 0.2) is 11.8 Å². The summed E-state index contributed by atoms with van der Waals surface area (Å²) in [6.45, 7) is 11.0. The highest BCUT2D eigenvalue weighted by Crippen LogP contribution is 2.13. The largest absolute Gasteiger partial charge is 0.378 e. The highest BCUT2D eigenvalue weighted by molar-refractivity contribution is 5.79. The van der Waals surface area contributed by atoms with E-state index in [-0.39, 0.29) is 6.10 Å². The van der Waals surface area contributed by atoms with Gasteiger partial charge in [-0.2, -0.15) is 5.10 Å². The van der Waals surface area contributed by atoms with E-state index in [0.29, 0.717) is 12.0 Å². The molecular formula is C18H34N6O. The summed E-state index contributed by atoms with van der Waals surface area (Å²) in [6.07, 6.45) is 4.16. The van der Waals surface area contributed by atoms with Crippen molar-refractivity contribution in [1.82, 2.24) is 25.4 Å². The summed E-state index contributed by atoms with van der Waals surface area (Å²) in [5.74, 6) is 3.42. The van der Waals surface area contributed by atoms with E-state index in [1.807, 2.05) is 11.7 Å². The van der Waals surface area contributed by atoms with Crippen LogP contribution in [0.2, 0.25) is 0 Å². The second-order valence-electron chi connectivity index (χ2n) is 6.89. The molecule has 2 atom stereocenters. The monoisotopic (exact) mass is 350 g/mol. The van der Waals surface area contributed by atoms with Gasteiger partial charge in [-0.05, 0) is 25.7 Å². The Balaban J connectivity index is 1.80. The van der Waals surface area contributed by atoms with Gasteiger partial charge in [-0.1, -0.05) is 20.8 Å². The van der Waals surface area contributed by atoms with Crippen molar-refractivity contribution in [3.8, 4) is 0 Å². The first-order valence-corrected chi connectivity index (χ1v) is 9.58. The van der Waals surface area contributed by atoms with Gasteiger partial charge in [0.05, 0.1) is 12.6 Å². The van der Waals surface area contributed by atoms with Gasteiger partial charge in [-0.3, -0.25) is 4.99 Å². The summed E-state index contributed by atoms with van der Waals surface area (Å²) in [4.78, 5) is 8.93. The standard InChI is InChI=1S/C18H34N6O/c1-6-16-22-17-9-8-14(12-24(17)23-16)21-18(19-5)20-11-10-15(13(3)4)25-7-2/h13-15H,6-12H2,1-5H3,(H2,19,20,21). The molecule has 0 saturated heterocycles. The first-order chi connectivity index (χ1) is 12.1. The Bertz CT molecular complexity index is 554. The van der Waals surface area contributed by atoms with Crippen molar-refractivity contribution in [2.24, 2.45) is 10.9 Å². The fourth-order valence-corrected chi connectivity index (χ4v) is 3.17. The molecular weight excluding hydrogens is 316 g/mol.